The zero-order valence-corrected chi connectivity index (χ0v) is 19.2. The molecule has 4 nitrogen and oxygen atoms in total. The number of carbonyl (C=O) groups is 1. The molecule has 1 aliphatic heterocycles. The minimum absolute atomic E-state index is 0.0298. The van der Waals surface area contributed by atoms with Crippen molar-refractivity contribution >= 4 is 5.91 Å². The van der Waals surface area contributed by atoms with E-state index in [1.165, 1.54) is 11.1 Å². The summed E-state index contributed by atoms with van der Waals surface area (Å²) in [5.74, 6) is -0.319. The number of amides is 1. The lowest BCUT2D eigenvalue weighted by atomic mass is 9.89. The highest BCUT2D eigenvalue weighted by Crippen LogP contribution is 2.49. The van der Waals surface area contributed by atoms with Crippen LogP contribution in [-0.4, -0.2) is 27.7 Å². The molecule has 3 aromatic carbocycles. The van der Waals surface area contributed by atoms with Gasteiger partial charge in [0.05, 0.1) is 18.2 Å². The number of hydrogen-bond donors (Lipinski definition) is 1. The number of benzene rings is 3. The van der Waals surface area contributed by atoms with E-state index in [9.17, 15) is 9.90 Å². The average Bonchev–Trinajstić information content (AvgIpc) is 3.29. The first-order valence-corrected chi connectivity index (χ1v) is 11.8. The van der Waals surface area contributed by atoms with Crippen molar-refractivity contribution in [1.82, 2.24) is 4.90 Å². The molecule has 0 bridgehead atoms. The van der Waals surface area contributed by atoms with Crippen LogP contribution in [0.5, 0.6) is 0 Å². The number of ether oxygens (including phenoxy) is 1. The molecule has 0 saturated carbocycles. The molecule has 1 N–H and O–H groups in total. The molecule has 33 heavy (non-hydrogen) atoms. The van der Waals surface area contributed by atoms with Gasteiger partial charge in [-0.15, -0.1) is 0 Å². The molecular weight excluding hydrogens is 410 g/mol. The Hall–Kier alpha value is -2.95. The van der Waals surface area contributed by atoms with Crippen molar-refractivity contribution in [3.63, 3.8) is 0 Å². The largest absolute Gasteiger partial charge is 0.388 e. The Balaban J connectivity index is 1.47. The second kappa shape index (κ2) is 8.77. The Labute approximate surface area is 195 Å². The molecule has 3 aromatic rings. The number of carbonyl (C=O) groups excluding carboxylic acids is 1. The Morgan fingerprint density at radius 2 is 1.64 bits per heavy atom. The topological polar surface area (TPSA) is 49.8 Å². The standard InChI is InChI=1S/C29H31NO3/c1-29(2)30(27-24-16-10-9-15-22(24)19-26(27)33-29)28(32)23(17-20-11-5-3-6-12-20)18-25(31)21-13-7-4-8-14-21/h3-16,23,25-27,31H,17-19H2,1-2H3/t23-,25+,26+,27-/m0/s1. The minimum Gasteiger partial charge on any atom is -0.388 e. The van der Waals surface area contributed by atoms with Gasteiger partial charge in [-0.1, -0.05) is 84.9 Å². The third-order valence-electron chi connectivity index (χ3n) is 7.05. The first-order valence-electron chi connectivity index (χ1n) is 11.8. The Bertz CT molecular complexity index is 1110. The van der Waals surface area contributed by atoms with Crippen molar-refractivity contribution in [2.75, 3.05) is 0 Å². The van der Waals surface area contributed by atoms with Crippen molar-refractivity contribution in [1.29, 1.82) is 0 Å². The first-order chi connectivity index (χ1) is 15.9. The predicted molar refractivity (Wildman–Crippen MR) is 128 cm³/mol. The lowest BCUT2D eigenvalue weighted by Gasteiger charge is -2.37. The van der Waals surface area contributed by atoms with Crippen molar-refractivity contribution in [2.24, 2.45) is 5.92 Å². The van der Waals surface area contributed by atoms with E-state index < -0.39 is 11.8 Å². The van der Waals surface area contributed by atoms with Crippen LogP contribution in [0.4, 0.5) is 0 Å². The first kappa shape index (κ1) is 21.9. The Kier molecular flexibility index (Phi) is 5.81. The predicted octanol–water partition coefficient (Wildman–Crippen LogP) is 5.23. The summed E-state index contributed by atoms with van der Waals surface area (Å²) in [6.45, 7) is 3.97. The van der Waals surface area contributed by atoms with E-state index in [1.807, 2.05) is 79.4 Å². The zero-order chi connectivity index (χ0) is 23.0. The molecule has 4 atom stereocenters. The van der Waals surface area contributed by atoms with Crippen LogP contribution in [0.3, 0.4) is 0 Å². The maximum atomic E-state index is 14.2. The lowest BCUT2D eigenvalue weighted by molar-refractivity contribution is -0.153. The molecule has 0 spiro atoms. The molecule has 4 heteroatoms. The van der Waals surface area contributed by atoms with Crippen LogP contribution >= 0.6 is 0 Å². The van der Waals surface area contributed by atoms with Gasteiger partial charge < -0.3 is 14.7 Å². The van der Waals surface area contributed by atoms with Gasteiger partial charge in [-0.25, -0.2) is 0 Å². The molecule has 170 valence electrons. The second-order valence-electron chi connectivity index (χ2n) is 9.71. The van der Waals surface area contributed by atoms with Crippen molar-refractivity contribution in [3.8, 4) is 0 Å². The van der Waals surface area contributed by atoms with Gasteiger partial charge in [-0.3, -0.25) is 4.79 Å². The van der Waals surface area contributed by atoms with Gasteiger partial charge in [0.15, 0.2) is 0 Å². The number of nitrogens with zero attached hydrogens (tertiary/aromatic N) is 1. The van der Waals surface area contributed by atoms with Gasteiger partial charge in [0.1, 0.15) is 5.72 Å². The summed E-state index contributed by atoms with van der Waals surface area (Å²) in [6, 6.07) is 27.9. The third-order valence-corrected chi connectivity index (χ3v) is 7.05. The van der Waals surface area contributed by atoms with Gasteiger partial charge >= 0.3 is 0 Å². The molecule has 2 aliphatic rings. The molecule has 1 amide bonds. The minimum atomic E-state index is -0.706. The number of hydrogen-bond acceptors (Lipinski definition) is 3. The van der Waals surface area contributed by atoms with E-state index in [2.05, 4.69) is 24.3 Å². The fourth-order valence-electron chi connectivity index (χ4n) is 5.56. The summed E-state index contributed by atoms with van der Waals surface area (Å²) in [7, 11) is 0. The van der Waals surface area contributed by atoms with Gasteiger partial charge in [0.2, 0.25) is 5.91 Å². The summed E-state index contributed by atoms with van der Waals surface area (Å²) in [6.07, 6.45) is 1.03. The Morgan fingerprint density at radius 3 is 2.36 bits per heavy atom. The van der Waals surface area contributed by atoms with Crippen LogP contribution in [0, 0.1) is 5.92 Å². The molecule has 1 heterocycles. The van der Waals surface area contributed by atoms with E-state index in [0.717, 1.165) is 17.5 Å². The van der Waals surface area contributed by atoms with E-state index in [1.54, 1.807) is 0 Å². The van der Waals surface area contributed by atoms with Gasteiger partial charge in [-0.2, -0.15) is 0 Å². The van der Waals surface area contributed by atoms with E-state index in [0.29, 0.717) is 12.8 Å². The second-order valence-corrected chi connectivity index (χ2v) is 9.71. The third kappa shape index (κ3) is 4.21. The van der Waals surface area contributed by atoms with E-state index in [-0.39, 0.29) is 24.0 Å². The maximum Gasteiger partial charge on any atom is 0.228 e. The average molecular weight is 442 g/mol. The van der Waals surface area contributed by atoms with Crippen LogP contribution in [0.2, 0.25) is 0 Å². The van der Waals surface area contributed by atoms with Crippen LogP contribution in [0.1, 0.15) is 54.7 Å². The summed E-state index contributed by atoms with van der Waals surface area (Å²) in [5, 5.41) is 11.0. The molecule has 5 rings (SSSR count). The number of aliphatic hydroxyl groups is 1. The number of aliphatic hydroxyl groups excluding tert-OH is 1. The van der Waals surface area contributed by atoms with Crippen LogP contribution in [-0.2, 0) is 22.4 Å². The highest BCUT2D eigenvalue weighted by molar-refractivity contribution is 5.81. The SMILES string of the molecule is CC1(C)O[C@@H]2Cc3ccccc3[C@@H]2N1C(=O)[C@@H](Cc1ccccc1)C[C@@H](O)c1ccccc1. The molecular formula is C29H31NO3. The van der Waals surface area contributed by atoms with Gasteiger partial charge in [0, 0.05) is 12.3 Å². The summed E-state index contributed by atoms with van der Waals surface area (Å²) < 4.78 is 6.42. The number of fused-ring (bicyclic) bond motifs is 3. The van der Waals surface area contributed by atoms with E-state index in [4.69, 9.17) is 4.74 Å². The number of rotatable bonds is 6. The Morgan fingerprint density at radius 1 is 1.00 bits per heavy atom. The lowest BCUT2D eigenvalue weighted by Crippen LogP contribution is -2.48. The van der Waals surface area contributed by atoms with Crippen molar-refractivity contribution in [3.05, 3.63) is 107 Å². The van der Waals surface area contributed by atoms with Crippen molar-refractivity contribution in [2.45, 2.75) is 57.1 Å². The fraction of sp³-hybridized carbons (Fsp3) is 0.345. The summed E-state index contributed by atoms with van der Waals surface area (Å²) in [5.41, 5.74) is 3.67. The van der Waals surface area contributed by atoms with Gasteiger partial charge in [-0.05, 0) is 48.9 Å². The molecule has 0 unspecified atom stereocenters. The fourth-order valence-corrected chi connectivity index (χ4v) is 5.56. The molecule has 1 aliphatic carbocycles. The van der Waals surface area contributed by atoms with Gasteiger partial charge in [0.25, 0.3) is 0 Å². The van der Waals surface area contributed by atoms with Crippen LogP contribution in [0.25, 0.3) is 0 Å². The highest BCUT2D eigenvalue weighted by Gasteiger charge is 2.54. The van der Waals surface area contributed by atoms with Crippen LogP contribution in [0.15, 0.2) is 84.9 Å². The summed E-state index contributed by atoms with van der Waals surface area (Å²) >= 11 is 0. The molecule has 1 saturated heterocycles. The summed E-state index contributed by atoms with van der Waals surface area (Å²) in [4.78, 5) is 16.2. The normalized spacial score (nSPS) is 22.5. The molecule has 0 radical (unpaired) electrons. The zero-order valence-electron chi connectivity index (χ0n) is 19.2. The van der Waals surface area contributed by atoms with E-state index >= 15 is 0 Å². The maximum absolute atomic E-state index is 14.2. The van der Waals surface area contributed by atoms with Crippen molar-refractivity contribution < 1.29 is 14.6 Å². The van der Waals surface area contributed by atoms with Crippen LogP contribution < -0.4 is 0 Å². The molecule has 1 fully saturated rings. The smallest absolute Gasteiger partial charge is 0.228 e. The highest BCUT2D eigenvalue weighted by atomic mass is 16.5. The monoisotopic (exact) mass is 441 g/mol. The quantitative estimate of drug-likeness (QED) is 0.570. The molecule has 0 aromatic heterocycles.